The van der Waals surface area contributed by atoms with Gasteiger partial charge in [-0.05, 0) is 18.2 Å². The molecule has 0 aliphatic carbocycles. The van der Waals surface area contributed by atoms with Crippen molar-refractivity contribution in [3.63, 3.8) is 0 Å². The Morgan fingerprint density at radius 2 is 2.05 bits per heavy atom. The largest absolute Gasteiger partial charge is 0.336 e. The van der Waals surface area contributed by atoms with Crippen molar-refractivity contribution >= 4 is 43.0 Å². The number of nitrogens with one attached hydrogen (secondary N) is 1. The minimum absolute atomic E-state index is 0. The molecule has 2 heterocycles. The minimum atomic E-state index is 0. The van der Waals surface area contributed by atoms with E-state index in [0.717, 1.165) is 43.1 Å². The molecular weight excluding hydrogens is 282 g/mol. The van der Waals surface area contributed by atoms with Gasteiger partial charge in [0, 0.05) is 31.7 Å². The lowest BCUT2D eigenvalue weighted by Crippen LogP contribution is -2.46. The van der Waals surface area contributed by atoms with Crippen LogP contribution in [0.2, 0.25) is 0 Å². The highest BCUT2D eigenvalue weighted by Crippen LogP contribution is 2.53. The Labute approximate surface area is 124 Å². The monoisotopic (exact) mass is 299 g/mol. The fourth-order valence-electron chi connectivity index (χ4n) is 2.16. The SMILES string of the molecule is COSN1c2ccc(C(=O)N3CCNCC3)cc21.S. The highest BCUT2D eigenvalue weighted by Gasteiger charge is 2.32. The molecule has 0 bridgehead atoms. The van der Waals surface area contributed by atoms with Crippen LogP contribution in [0.1, 0.15) is 10.4 Å². The number of amides is 1. The van der Waals surface area contributed by atoms with Gasteiger partial charge < -0.3 is 10.2 Å². The van der Waals surface area contributed by atoms with E-state index in [-0.39, 0.29) is 19.4 Å². The van der Waals surface area contributed by atoms with E-state index in [2.05, 4.69) is 5.32 Å². The number of fused-ring (bicyclic) bond motifs is 1. The number of carbonyl (C=O) groups excluding carboxylic acids is 1. The smallest absolute Gasteiger partial charge is 0.254 e. The third-order valence-corrected chi connectivity index (χ3v) is 3.85. The molecule has 0 saturated carbocycles. The van der Waals surface area contributed by atoms with Gasteiger partial charge in [0.25, 0.3) is 5.91 Å². The summed E-state index contributed by atoms with van der Waals surface area (Å²) in [6.07, 6.45) is 0. The van der Waals surface area contributed by atoms with E-state index in [1.807, 2.05) is 27.4 Å². The second kappa shape index (κ2) is 6.04. The molecule has 1 aromatic carbocycles. The maximum Gasteiger partial charge on any atom is 0.254 e. The van der Waals surface area contributed by atoms with Crippen LogP contribution in [-0.4, -0.2) is 44.1 Å². The van der Waals surface area contributed by atoms with E-state index in [4.69, 9.17) is 4.18 Å². The molecule has 0 aromatic heterocycles. The molecule has 1 aromatic rings. The summed E-state index contributed by atoms with van der Waals surface area (Å²) in [6.45, 7) is 3.32. The molecule has 1 fully saturated rings. The molecule has 0 radical (unpaired) electrons. The van der Waals surface area contributed by atoms with Crippen molar-refractivity contribution in [3.05, 3.63) is 23.8 Å². The number of benzene rings is 1. The number of hydrogen-bond acceptors (Lipinski definition) is 5. The van der Waals surface area contributed by atoms with Gasteiger partial charge in [0.2, 0.25) is 0 Å². The molecule has 2 aliphatic rings. The lowest BCUT2D eigenvalue weighted by atomic mass is 10.2. The topological polar surface area (TPSA) is 44.6 Å². The van der Waals surface area contributed by atoms with Crippen LogP contribution in [0.15, 0.2) is 18.2 Å². The molecule has 0 unspecified atom stereocenters. The van der Waals surface area contributed by atoms with Crippen LogP contribution >= 0.6 is 25.7 Å². The van der Waals surface area contributed by atoms with E-state index >= 15 is 0 Å². The average molecular weight is 299 g/mol. The van der Waals surface area contributed by atoms with Gasteiger partial charge in [0.15, 0.2) is 0 Å². The lowest BCUT2D eigenvalue weighted by Gasteiger charge is -2.27. The maximum atomic E-state index is 12.3. The molecule has 0 atom stereocenters. The van der Waals surface area contributed by atoms with Crippen molar-refractivity contribution in [1.82, 2.24) is 10.2 Å². The second-order valence-electron chi connectivity index (χ2n) is 4.28. The standard InChI is InChI=1S/C12H15N3O2S.H2S/c1-17-18-15-10-3-2-9(8-11(10)15)12(16)14-6-4-13-5-7-14;/h2-3,8,13H,4-7H2,1H3;1H2. The molecular formula is C12H17N3O2S2. The van der Waals surface area contributed by atoms with Gasteiger partial charge in [-0.1, -0.05) is 0 Å². The van der Waals surface area contributed by atoms with Gasteiger partial charge in [-0.3, -0.25) is 13.3 Å². The first kappa shape index (κ1) is 14.5. The minimum Gasteiger partial charge on any atom is -0.336 e. The van der Waals surface area contributed by atoms with Crippen LogP contribution in [0.4, 0.5) is 11.4 Å². The Morgan fingerprint density at radius 3 is 2.74 bits per heavy atom. The highest BCUT2D eigenvalue weighted by atomic mass is 32.2. The molecule has 1 saturated heterocycles. The number of anilines is 2. The quantitative estimate of drug-likeness (QED) is 0.521. The molecule has 0 spiro atoms. The van der Waals surface area contributed by atoms with Crippen LogP contribution < -0.4 is 9.62 Å². The second-order valence-corrected chi connectivity index (χ2v) is 5.13. The molecule has 5 nitrogen and oxygen atoms in total. The first-order valence-electron chi connectivity index (χ1n) is 5.96. The van der Waals surface area contributed by atoms with Gasteiger partial charge in [-0.15, -0.1) is 0 Å². The highest BCUT2D eigenvalue weighted by molar-refractivity contribution is 7.97. The Morgan fingerprint density at radius 1 is 1.32 bits per heavy atom. The van der Waals surface area contributed by atoms with Gasteiger partial charge in [0.1, 0.15) is 12.2 Å². The Bertz CT molecular complexity index is 478. The van der Waals surface area contributed by atoms with Gasteiger partial charge in [-0.2, -0.15) is 13.5 Å². The van der Waals surface area contributed by atoms with Crippen LogP contribution in [0.3, 0.4) is 0 Å². The van der Waals surface area contributed by atoms with Gasteiger partial charge >= 0.3 is 0 Å². The molecule has 19 heavy (non-hydrogen) atoms. The Kier molecular flexibility index (Phi) is 4.62. The average Bonchev–Trinajstić information content (AvgIpc) is 3.12. The number of carbonyl (C=O) groups is 1. The summed E-state index contributed by atoms with van der Waals surface area (Å²) in [6, 6.07) is 5.79. The van der Waals surface area contributed by atoms with Gasteiger partial charge in [0.05, 0.1) is 18.5 Å². The van der Waals surface area contributed by atoms with Crippen LogP contribution in [0.5, 0.6) is 0 Å². The van der Waals surface area contributed by atoms with Crippen LogP contribution in [-0.2, 0) is 4.18 Å². The number of rotatable bonds is 3. The van der Waals surface area contributed by atoms with E-state index in [1.54, 1.807) is 7.11 Å². The third kappa shape index (κ3) is 2.84. The first-order valence-corrected chi connectivity index (χ1v) is 6.66. The van der Waals surface area contributed by atoms with E-state index in [0.29, 0.717) is 0 Å². The summed E-state index contributed by atoms with van der Waals surface area (Å²) in [5, 5.41) is 3.24. The van der Waals surface area contributed by atoms with Crippen molar-refractivity contribution in [2.24, 2.45) is 0 Å². The molecule has 3 rings (SSSR count). The number of nitrogens with zero attached hydrogens (tertiary/aromatic N) is 2. The summed E-state index contributed by atoms with van der Waals surface area (Å²) in [7, 11) is 1.64. The van der Waals surface area contributed by atoms with E-state index in [1.165, 1.54) is 12.2 Å². The number of piperazine rings is 1. The zero-order chi connectivity index (χ0) is 12.5. The van der Waals surface area contributed by atoms with Crippen molar-refractivity contribution in [3.8, 4) is 0 Å². The molecule has 104 valence electrons. The summed E-state index contributed by atoms with van der Waals surface area (Å²) in [5.74, 6) is 0.119. The van der Waals surface area contributed by atoms with Crippen LogP contribution in [0, 0.1) is 0 Å². The normalized spacial score (nSPS) is 16.7. The summed E-state index contributed by atoms with van der Waals surface area (Å²) in [5.41, 5.74) is 2.95. The lowest BCUT2D eigenvalue weighted by molar-refractivity contribution is 0.0736. The van der Waals surface area contributed by atoms with Crippen molar-refractivity contribution in [2.75, 3.05) is 37.6 Å². The predicted molar refractivity (Wildman–Crippen MR) is 82.3 cm³/mol. The fourth-order valence-corrected chi connectivity index (χ4v) is 2.73. The van der Waals surface area contributed by atoms with Crippen LogP contribution in [0.25, 0.3) is 0 Å². The van der Waals surface area contributed by atoms with Crippen molar-refractivity contribution < 1.29 is 8.98 Å². The van der Waals surface area contributed by atoms with Crippen molar-refractivity contribution in [2.45, 2.75) is 0 Å². The van der Waals surface area contributed by atoms with E-state index < -0.39 is 0 Å². The fraction of sp³-hybridized carbons (Fsp3) is 0.417. The zero-order valence-electron chi connectivity index (χ0n) is 10.7. The maximum absolute atomic E-state index is 12.3. The Balaban J connectivity index is 0.00000133. The van der Waals surface area contributed by atoms with Crippen molar-refractivity contribution in [1.29, 1.82) is 0 Å². The van der Waals surface area contributed by atoms with Gasteiger partial charge in [-0.25, -0.2) is 0 Å². The third-order valence-electron chi connectivity index (χ3n) is 3.16. The predicted octanol–water partition coefficient (Wildman–Crippen LogP) is 1.51. The molecule has 1 N–H and O–H groups in total. The number of hydrogen-bond donors (Lipinski definition) is 1. The van der Waals surface area contributed by atoms with E-state index in [9.17, 15) is 4.79 Å². The summed E-state index contributed by atoms with van der Waals surface area (Å²) >= 11 is 1.28. The molecule has 7 heteroatoms. The summed E-state index contributed by atoms with van der Waals surface area (Å²) < 4.78 is 6.97. The Hall–Kier alpha value is -0.890. The zero-order valence-corrected chi connectivity index (χ0v) is 12.5. The molecule has 2 aliphatic heterocycles. The molecule has 1 amide bonds. The summed E-state index contributed by atoms with van der Waals surface area (Å²) in [4.78, 5) is 14.2. The first-order chi connectivity index (χ1) is 8.81.